The number of thiophene rings is 1. The molecule has 0 aliphatic rings. The van der Waals surface area contributed by atoms with Crippen LogP contribution in [0.1, 0.15) is 9.67 Å². The summed E-state index contributed by atoms with van der Waals surface area (Å²) in [4.78, 5) is 12.0. The highest BCUT2D eigenvalue weighted by Crippen LogP contribution is 2.29. The van der Waals surface area contributed by atoms with Gasteiger partial charge >= 0.3 is 5.97 Å². The maximum absolute atomic E-state index is 11.4. The number of carbonyl (C=O) groups excluding carboxylic acids is 1. The zero-order valence-corrected chi connectivity index (χ0v) is 10.6. The summed E-state index contributed by atoms with van der Waals surface area (Å²) in [6.45, 7) is 0. The highest BCUT2D eigenvalue weighted by atomic mass is 32.2. The molecule has 16 heavy (non-hydrogen) atoms. The Balaban J connectivity index is 2.41. The third-order valence-corrected chi connectivity index (χ3v) is 3.66. The second-order valence-electron chi connectivity index (χ2n) is 3.16. The summed E-state index contributed by atoms with van der Waals surface area (Å²) >= 11 is 2.99. The number of anilines is 1. The number of nitrogens with one attached hydrogen (secondary N) is 1. The van der Waals surface area contributed by atoms with Crippen LogP contribution in [0.5, 0.6) is 0 Å². The van der Waals surface area contributed by atoms with Crippen LogP contribution >= 0.6 is 23.3 Å². The monoisotopic (exact) mass is 253 g/mol. The average molecular weight is 253 g/mol. The molecule has 84 valence electrons. The van der Waals surface area contributed by atoms with Crippen molar-refractivity contribution in [1.82, 2.24) is 0 Å². The Morgan fingerprint density at radius 1 is 1.44 bits per heavy atom. The van der Waals surface area contributed by atoms with Crippen molar-refractivity contribution in [2.75, 3.05) is 18.1 Å². The van der Waals surface area contributed by atoms with Crippen molar-refractivity contribution < 1.29 is 9.53 Å². The van der Waals surface area contributed by atoms with Gasteiger partial charge in [-0.2, -0.15) is 0 Å². The Morgan fingerprint density at radius 3 is 2.94 bits per heavy atom. The zero-order chi connectivity index (χ0) is 11.5. The summed E-state index contributed by atoms with van der Waals surface area (Å²) in [7, 11) is 1.40. The van der Waals surface area contributed by atoms with Gasteiger partial charge in [-0.05, 0) is 29.7 Å². The minimum atomic E-state index is -0.277. The third-order valence-electron chi connectivity index (χ3n) is 2.12. The predicted molar refractivity (Wildman–Crippen MR) is 70.3 cm³/mol. The lowest BCUT2D eigenvalue weighted by Gasteiger charge is -2.00. The average Bonchev–Trinajstić information content (AvgIpc) is 2.71. The van der Waals surface area contributed by atoms with Crippen LogP contribution in [-0.2, 0) is 4.74 Å². The Hall–Kier alpha value is -1.20. The van der Waals surface area contributed by atoms with Crippen molar-refractivity contribution in [3.8, 4) is 0 Å². The van der Waals surface area contributed by atoms with Crippen LogP contribution in [0.3, 0.4) is 0 Å². The van der Waals surface area contributed by atoms with Crippen LogP contribution in [-0.4, -0.2) is 19.3 Å². The Kier molecular flexibility index (Phi) is 3.36. The van der Waals surface area contributed by atoms with Crippen molar-refractivity contribution in [2.45, 2.75) is 0 Å². The molecular weight excluding hydrogens is 242 g/mol. The van der Waals surface area contributed by atoms with Crippen LogP contribution in [0.25, 0.3) is 10.1 Å². The molecule has 1 aromatic carbocycles. The molecule has 0 saturated heterocycles. The molecule has 0 bridgehead atoms. The molecule has 0 fully saturated rings. The van der Waals surface area contributed by atoms with Gasteiger partial charge in [-0.25, -0.2) is 4.79 Å². The van der Waals surface area contributed by atoms with Crippen molar-refractivity contribution in [3.63, 3.8) is 0 Å². The number of ether oxygens (including phenoxy) is 1. The second-order valence-corrected chi connectivity index (χ2v) is 4.86. The number of rotatable bonds is 3. The summed E-state index contributed by atoms with van der Waals surface area (Å²) in [6.07, 6.45) is 1.97. The van der Waals surface area contributed by atoms with Gasteiger partial charge in [-0.3, -0.25) is 0 Å². The predicted octanol–water partition coefficient (Wildman–Crippen LogP) is 3.38. The molecule has 0 radical (unpaired) electrons. The topological polar surface area (TPSA) is 38.3 Å². The van der Waals surface area contributed by atoms with Gasteiger partial charge < -0.3 is 9.46 Å². The molecule has 1 N–H and O–H groups in total. The van der Waals surface area contributed by atoms with Crippen molar-refractivity contribution in [1.29, 1.82) is 0 Å². The Labute approximate surface area is 102 Å². The third kappa shape index (κ3) is 2.15. The number of esters is 1. The lowest BCUT2D eigenvalue weighted by Crippen LogP contribution is -1.96. The number of hydrogen-bond donors (Lipinski definition) is 1. The minimum absolute atomic E-state index is 0.277. The zero-order valence-electron chi connectivity index (χ0n) is 8.94. The van der Waals surface area contributed by atoms with E-state index in [1.54, 1.807) is 11.9 Å². The van der Waals surface area contributed by atoms with E-state index in [0.717, 1.165) is 15.8 Å². The number of benzene rings is 1. The van der Waals surface area contributed by atoms with E-state index in [4.69, 9.17) is 4.74 Å². The van der Waals surface area contributed by atoms with E-state index in [1.807, 2.05) is 30.5 Å². The first kappa shape index (κ1) is 11.3. The van der Waals surface area contributed by atoms with Crippen LogP contribution in [0, 0.1) is 0 Å². The van der Waals surface area contributed by atoms with Gasteiger partial charge in [0.1, 0.15) is 4.88 Å². The van der Waals surface area contributed by atoms with Crippen LogP contribution in [0.15, 0.2) is 24.3 Å². The molecule has 1 aromatic heterocycles. The summed E-state index contributed by atoms with van der Waals surface area (Å²) in [6, 6.07) is 7.88. The summed E-state index contributed by atoms with van der Waals surface area (Å²) in [5.74, 6) is -0.277. The van der Waals surface area contributed by atoms with Crippen LogP contribution < -0.4 is 4.72 Å². The van der Waals surface area contributed by atoms with Gasteiger partial charge in [0, 0.05) is 16.6 Å². The first-order valence-corrected chi connectivity index (χ1v) is 6.69. The quantitative estimate of drug-likeness (QED) is 0.672. The van der Waals surface area contributed by atoms with Gasteiger partial charge in [-0.1, -0.05) is 11.9 Å². The second kappa shape index (κ2) is 4.76. The smallest absolute Gasteiger partial charge is 0.348 e. The number of hydrogen-bond acceptors (Lipinski definition) is 5. The van der Waals surface area contributed by atoms with Crippen LogP contribution in [0.4, 0.5) is 5.69 Å². The molecular formula is C11H11NO2S2. The first-order chi connectivity index (χ1) is 7.74. The summed E-state index contributed by atoms with van der Waals surface area (Å²) < 4.78 is 8.94. The van der Waals surface area contributed by atoms with E-state index in [2.05, 4.69) is 4.72 Å². The minimum Gasteiger partial charge on any atom is -0.465 e. The Bertz CT molecular complexity index is 522. The first-order valence-electron chi connectivity index (χ1n) is 4.65. The molecule has 0 atom stereocenters. The maximum Gasteiger partial charge on any atom is 0.348 e. The van der Waals surface area contributed by atoms with E-state index in [-0.39, 0.29) is 5.97 Å². The lowest BCUT2D eigenvalue weighted by atomic mass is 10.2. The molecule has 0 aliphatic heterocycles. The standard InChI is InChI=1S/C11H11NO2S2/c1-14-11(13)10-6-7-5-8(12-15-2)3-4-9(7)16-10/h3-6,12H,1-2H3. The van der Waals surface area contributed by atoms with Crippen LogP contribution in [0.2, 0.25) is 0 Å². The largest absolute Gasteiger partial charge is 0.465 e. The van der Waals surface area contributed by atoms with Gasteiger partial charge in [0.05, 0.1) is 7.11 Å². The van der Waals surface area contributed by atoms with E-state index >= 15 is 0 Å². The fourth-order valence-electron chi connectivity index (χ4n) is 1.43. The highest BCUT2D eigenvalue weighted by Gasteiger charge is 2.10. The molecule has 0 amide bonds. The van der Waals surface area contributed by atoms with E-state index < -0.39 is 0 Å². The molecule has 2 rings (SSSR count). The summed E-state index contributed by atoms with van der Waals surface area (Å²) in [5, 5.41) is 1.06. The highest BCUT2D eigenvalue weighted by molar-refractivity contribution is 7.99. The van der Waals surface area contributed by atoms with E-state index in [1.165, 1.54) is 18.4 Å². The molecule has 0 aliphatic carbocycles. The number of fused-ring (bicyclic) bond motifs is 1. The van der Waals surface area contributed by atoms with E-state index in [0.29, 0.717) is 4.88 Å². The molecule has 5 heteroatoms. The van der Waals surface area contributed by atoms with Crippen molar-refractivity contribution in [2.24, 2.45) is 0 Å². The molecule has 0 spiro atoms. The normalized spacial score (nSPS) is 10.4. The SMILES string of the molecule is COC(=O)c1cc2cc(NSC)ccc2s1. The molecule has 0 saturated carbocycles. The van der Waals surface area contributed by atoms with Crippen molar-refractivity contribution in [3.05, 3.63) is 29.1 Å². The van der Waals surface area contributed by atoms with Gasteiger partial charge in [0.2, 0.25) is 0 Å². The number of methoxy groups -OCH3 is 1. The van der Waals surface area contributed by atoms with Gasteiger partial charge in [0.15, 0.2) is 0 Å². The Morgan fingerprint density at radius 2 is 2.25 bits per heavy atom. The summed E-state index contributed by atoms with van der Waals surface area (Å²) in [5.41, 5.74) is 1.04. The molecule has 0 unspecified atom stereocenters. The van der Waals surface area contributed by atoms with E-state index in [9.17, 15) is 4.79 Å². The van der Waals surface area contributed by atoms with Crippen molar-refractivity contribution >= 4 is 45.0 Å². The molecule has 2 aromatic rings. The fourth-order valence-corrected chi connectivity index (χ4v) is 2.75. The lowest BCUT2D eigenvalue weighted by molar-refractivity contribution is 0.0606. The van der Waals surface area contributed by atoms with Gasteiger partial charge in [-0.15, -0.1) is 11.3 Å². The molecule has 3 nitrogen and oxygen atoms in total. The number of carbonyl (C=O) groups is 1. The maximum atomic E-state index is 11.4. The molecule has 1 heterocycles. The fraction of sp³-hybridized carbons (Fsp3) is 0.182. The van der Waals surface area contributed by atoms with Gasteiger partial charge in [0.25, 0.3) is 0 Å².